The van der Waals surface area contributed by atoms with Crippen LogP contribution in [0.2, 0.25) is 0 Å². The number of aromatic nitrogens is 1. The maximum Gasteiger partial charge on any atom is 0.422 e. The van der Waals surface area contributed by atoms with E-state index in [1.807, 2.05) is 0 Å². The first kappa shape index (κ1) is 14.3. The molecule has 0 fully saturated rings. The molecular formula is C11H13F3N2O2. The van der Waals surface area contributed by atoms with Crippen LogP contribution in [0.5, 0.6) is 0 Å². The number of hydrogen-bond acceptors (Lipinski definition) is 3. The number of alkyl halides is 3. The number of nitrogens with zero attached hydrogens (tertiary/aromatic N) is 2. The minimum Gasteiger partial charge on any atom is -0.440 e. The molecule has 0 unspecified atom stereocenters. The SMILES string of the molecule is Cc1cccc(CN(C)C(=O)OCC(F)(F)F)n1. The van der Waals surface area contributed by atoms with Crippen LogP contribution in [0, 0.1) is 6.92 Å². The molecule has 1 rings (SSSR count). The Bertz CT molecular complexity index is 421. The lowest BCUT2D eigenvalue weighted by Gasteiger charge is -2.17. The van der Waals surface area contributed by atoms with Gasteiger partial charge in [-0.2, -0.15) is 13.2 Å². The van der Waals surface area contributed by atoms with E-state index in [9.17, 15) is 18.0 Å². The van der Waals surface area contributed by atoms with E-state index in [0.717, 1.165) is 10.6 Å². The molecule has 0 saturated carbocycles. The van der Waals surface area contributed by atoms with Crippen molar-refractivity contribution in [2.24, 2.45) is 0 Å². The third-order valence-electron chi connectivity index (χ3n) is 2.02. The molecule has 0 aliphatic rings. The van der Waals surface area contributed by atoms with Crippen molar-refractivity contribution >= 4 is 6.09 Å². The lowest BCUT2D eigenvalue weighted by atomic mass is 10.3. The van der Waals surface area contributed by atoms with Crippen molar-refractivity contribution in [3.8, 4) is 0 Å². The van der Waals surface area contributed by atoms with Crippen LogP contribution < -0.4 is 0 Å². The summed E-state index contributed by atoms with van der Waals surface area (Å²) in [4.78, 5) is 16.4. The molecule has 0 aliphatic carbocycles. The minimum absolute atomic E-state index is 0.0956. The van der Waals surface area contributed by atoms with Gasteiger partial charge in [0.15, 0.2) is 6.61 Å². The predicted octanol–water partition coefficient (Wildman–Crippen LogP) is 2.52. The molecule has 1 heterocycles. The molecule has 1 aromatic rings. The lowest BCUT2D eigenvalue weighted by molar-refractivity contribution is -0.162. The summed E-state index contributed by atoms with van der Waals surface area (Å²) in [5.74, 6) is 0. The normalized spacial score (nSPS) is 11.2. The van der Waals surface area contributed by atoms with Crippen molar-refractivity contribution in [1.82, 2.24) is 9.88 Å². The second kappa shape index (κ2) is 5.70. The van der Waals surface area contributed by atoms with Gasteiger partial charge in [-0.15, -0.1) is 0 Å². The van der Waals surface area contributed by atoms with Crippen molar-refractivity contribution in [3.63, 3.8) is 0 Å². The number of amides is 1. The van der Waals surface area contributed by atoms with E-state index in [-0.39, 0.29) is 6.54 Å². The molecule has 0 N–H and O–H groups in total. The highest BCUT2D eigenvalue weighted by molar-refractivity contribution is 5.67. The van der Waals surface area contributed by atoms with Crippen LogP contribution in [0.1, 0.15) is 11.4 Å². The van der Waals surface area contributed by atoms with Gasteiger partial charge >= 0.3 is 12.3 Å². The number of halogens is 3. The Kier molecular flexibility index (Phi) is 4.52. The summed E-state index contributed by atoms with van der Waals surface area (Å²) in [6, 6.07) is 5.22. The molecule has 0 radical (unpaired) electrons. The molecule has 0 aliphatic heterocycles. The van der Waals surface area contributed by atoms with Gasteiger partial charge in [-0.05, 0) is 19.1 Å². The molecule has 0 saturated heterocycles. The van der Waals surface area contributed by atoms with E-state index >= 15 is 0 Å². The van der Waals surface area contributed by atoms with E-state index in [0.29, 0.717) is 5.69 Å². The summed E-state index contributed by atoms with van der Waals surface area (Å²) < 4.78 is 39.7. The Labute approximate surface area is 102 Å². The Balaban J connectivity index is 2.50. The molecule has 1 amide bonds. The Morgan fingerprint density at radius 1 is 1.44 bits per heavy atom. The quantitative estimate of drug-likeness (QED) is 0.840. The smallest absolute Gasteiger partial charge is 0.422 e. The van der Waals surface area contributed by atoms with E-state index in [4.69, 9.17) is 0 Å². The van der Waals surface area contributed by atoms with Gasteiger partial charge in [0.25, 0.3) is 0 Å². The van der Waals surface area contributed by atoms with E-state index < -0.39 is 18.9 Å². The predicted molar refractivity (Wildman–Crippen MR) is 57.8 cm³/mol. The van der Waals surface area contributed by atoms with Gasteiger partial charge < -0.3 is 9.64 Å². The van der Waals surface area contributed by atoms with Crippen molar-refractivity contribution in [2.45, 2.75) is 19.6 Å². The molecule has 0 atom stereocenters. The summed E-state index contributed by atoms with van der Waals surface area (Å²) in [5, 5.41) is 0. The largest absolute Gasteiger partial charge is 0.440 e. The average molecular weight is 262 g/mol. The fourth-order valence-electron chi connectivity index (χ4n) is 1.25. The third-order valence-corrected chi connectivity index (χ3v) is 2.02. The zero-order valence-corrected chi connectivity index (χ0v) is 9.99. The van der Waals surface area contributed by atoms with Gasteiger partial charge in [-0.1, -0.05) is 6.07 Å². The summed E-state index contributed by atoms with van der Waals surface area (Å²) in [5.41, 5.74) is 1.35. The van der Waals surface area contributed by atoms with E-state index in [2.05, 4.69) is 9.72 Å². The van der Waals surface area contributed by atoms with Crippen LogP contribution in [-0.2, 0) is 11.3 Å². The summed E-state index contributed by atoms with van der Waals surface area (Å²) in [7, 11) is 1.35. The standard InChI is InChI=1S/C11H13F3N2O2/c1-8-4-3-5-9(15-8)6-16(2)10(17)18-7-11(12,13)14/h3-5H,6-7H2,1-2H3. The van der Waals surface area contributed by atoms with Crippen molar-refractivity contribution in [1.29, 1.82) is 0 Å². The maximum absolute atomic E-state index is 11.9. The molecule has 0 aromatic carbocycles. The Morgan fingerprint density at radius 3 is 2.67 bits per heavy atom. The molecule has 4 nitrogen and oxygen atoms in total. The van der Waals surface area contributed by atoms with Crippen LogP contribution in [0.4, 0.5) is 18.0 Å². The van der Waals surface area contributed by atoms with Crippen molar-refractivity contribution < 1.29 is 22.7 Å². The number of hydrogen-bond donors (Lipinski definition) is 0. The molecule has 1 aromatic heterocycles. The molecule has 18 heavy (non-hydrogen) atoms. The monoisotopic (exact) mass is 262 g/mol. The molecule has 0 spiro atoms. The maximum atomic E-state index is 11.9. The minimum atomic E-state index is -4.52. The third kappa shape index (κ3) is 5.03. The number of aryl methyl sites for hydroxylation is 1. The summed E-state index contributed by atoms with van der Waals surface area (Å²) in [6.45, 7) is 0.293. The number of ether oxygens (including phenoxy) is 1. The highest BCUT2D eigenvalue weighted by atomic mass is 19.4. The first-order valence-corrected chi connectivity index (χ1v) is 5.15. The fraction of sp³-hybridized carbons (Fsp3) is 0.455. The van der Waals surface area contributed by atoms with Gasteiger partial charge in [0.2, 0.25) is 0 Å². The van der Waals surface area contributed by atoms with Gasteiger partial charge in [-0.25, -0.2) is 4.79 Å². The number of rotatable bonds is 3. The summed E-state index contributed by atoms with van der Waals surface area (Å²) >= 11 is 0. The highest BCUT2D eigenvalue weighted by Crippen LogP contribution is 2.15. The van der Waals surface area contributed by atoms with Crippen LogP contribution in [0.25, 0.3) is 0 Å². The fourth-order valence-corrected chi connectivity index (χ4v) is 1.25. The molecular weight excluding hydrogens is 249 g/mol. The molecule has 0 bridgehead atoms. The van der Waals surface area contributed by atoms with Crippen LogP contribution in [0.3, 0.4) is 0 Å². The zero-order valence-electron chi connectivity index (χ0n) is 9.99. The van der Waals surface area contributed by atoms with E-state index in [1.165, 1.54) is 7.05 Å². The Morgan fingerprint density at radius 2 is 2.11 bits per heavy atom. The van der Waals surface area contributed by atoms with Gasteiger partial charge in [0, 0.05) is 12.7 Å². The average Bonchev–Trinajstić information content (AvgIpc) is 2.24. The van der Waals surface area contributed by atoms with Crippen molar-refractivity contribution in [2.75, 3.05) is 13.7 Å². The van der Waals surface area contributed by atoms with Gasteiger partial charge in [-0.3, -0.25) is 4.98 Å². The van der Waals surface area contributed by atoms with Gasteiger partial charge in [0.1, 0.15) is 0 Å². The van der Waals surface area contributed by atoms with Crippen LogP contribution in [-0.4, -0.2) is 35.8 Å². The first-order chi connectivity index (χ1) is 8.28. The number of carbonyl (C=O) groups excluding carboxylic acids is 1. The van der Waals surface area contributed by atoms with Crippen LogP contribution >= 0.6 is 0 Å². The number of carbonyl (C=O) groups is 1. The molecule has 100 valence electrons. The second-order valence-electron chi connectivity index (χ2n) is 3.80. The van der Waals surface area contributed by atoms with E-state index in [1.54, 1.807) is 25.1 Å². The second-order valence-corrected chi connectivity index (χ2v) is 3.80. The first-order valence-electron chi connectivity index (χ1n) is 5.15. The van der Waals surface area contributed by atoms with Crippen LogP contribution in [0.15, 0.2) is 18.2 Å². The Hall–Kier alpha value is -1.79. The summed E-state index contributed by atoms with van der Waals surface area (Å²) in [6.07, 6.45) is -5.55. The lowest BCUT2D eigenvalue weighted by Crippen LogP contribution is -2.30. The topological polar surface area (TPSA) is 42.4 Å². The zero-order chi connectivity index (χ0) is 13.8. The highest BCUT2D eigenvalue weighted by Gasteiger charge is 2.30. The van der Waals surface area contributed by atoms with Gasteiger partial charge in [0.05, 0.1) is 12.2 Å². The van der Waals surface area contributed by atoms with Crippen molar-refractivity contribution in [3.05, 3.63) is 29.6 Å². The number of pyridine rings is 1. The molecule has 7 heteroatoms.